The summed E-state index contributed by atoms with van der Waals surface area (Å²) in [5.74, 6) is 0. The Balaban J connectivity index is 2.20. The maximum absolute atomic E-state index is 6.68. The van der Waals surface area contributed by atoms with Gasteiger partial charge in [0.05, 0.1) is 0 Å². The van der Waals surface area contributed by atoms with Gasteiger partial charge in [-0.2, -0.15) is 0 Å². The van der Waals surface area contributed by atoms with E-state index >= 15 is 0 Å². The number of hydrogen-bond acceptors (Lipinski definition) is 2. The van der Waals surface area contributed by atoms with E-state index in [9.17, 15) is 0 Å². The van der Waals surface area contributed by atoms with Crippen molar-refractivity contribution in [2.75, 3.05) is 13.1 Å². The molecule has 0 spiro atoms. The molecule has 1 unspecified atom stereocenters. The van der Waals surface area contributed by atoms with E-state index < -0.39 is 0 Å². The van der Waals surface area contributed by atoms with Crippen molar-refractivity contribution in [3.8, 4) is 0 Å². The molecule has 0 saturated carbocycles. The smallest absolute Gasteiger partial charge is 0.0449 e. The lowest BCUT2D eigenvalue weighted by Gasteiger charge is -2.45. The maximum Gasteiger partial charge on any atom is 0.0449 e. The number of likely N-dealkylation sites (tertiary alicyclic amines) is 1. The molecule has 1 saturated heterocycles. The number of hydrogen-bond donors (Lipinski definition) is 1. The summed E-state index contributed by atoms with van der Waals surface area (Å²) >= 11 is 9.83. The van der Waals surface area contributed by atoms with Gasteiger partial charge in [0, 0.05) is 21.1 Å². The van der Waals surface area contributed by atoms with Crippen LogP contribution in [0.4, 0.5) is 0 Å². The maximum atomic E-state index is 6.68. The minimum absolute atomic E-state index is 0.104. The molecule has 21 heavy (non-hydrogen) atoms. The van der Waals surface area contributed by atoms with Crippen LogP contribution in [-0.2, 0) is 6.42 Å². The van der Waals surface area contributed by atoms with Crippen LogP contribution in [0.1, 0.15) is 45.1 Å². The first-order valence-electron chi connectivity index (χ1n) is 7.98. The third-order valence-corrected chi connectivity index (χ3v) is 5.95. The zero-order chi connectivity index (χ0) is 15.5. The van der Waals surface area contributed by atoms with Gasteiger partial charge in [0.25, 0.3) is 0 Å². The van der Waals surface area contributed by atoms with Crippen molar-refractivity contribution in [1.82, 2.24) is 4.90 Å². The number of nitrogens with two attached hydrogens (primary N) is 1. The van der Waals surface area contributed by atoms with E-state index in [4.69, 9.17) is 17.3 Å². The summed E-state index contributed by atoms with van der Waals surface area (Å²) in [5, 5.41) is 0.808. The molecule has 2 nitrogen and oxygen atoms in total. The molecular weight excluding hydrogens is 348 g/mol. The highest BCUT2D eigenvalue weighted by atomic mass is 79.9. The molecule has 1 fully saturated rings. The van der Waals surface area contributed by atoms with Gasteiger partial charge >= 0.3 is 0 Å². The Labute approximate surface area is 142 Å². The Bertz CT molecular complexity index is 468. The van der Waals surface area contributed by atoms with E-state index in [0.29, 0.717) is 0 Å². The summed E-state index contributed by atoms with van der Waals surface area (Å²) in [6.45, 7) is 6.91. The first kappa shape index (κ1) is 17.3. The van der Waals surface area contributed by atoms with Gasteiger partial charge in [-0.3, -0.25) is 4.90 Å². The first-order valence-corrected chi connectivity index (χ1v) is 9.15. The third kappa shape index (κ3) is 3.64. The second-order valence-corrected chi connectivity index (χ2v) is 7.37. The molecule has 2 rings (SSSR count). The van der Waals surface area contributed by atoms with Crippen LogP contribution in [0.5, 0.6) is 0 Å². The van der Waals surface area contributed by atoms with Gasteiger partial charge in [0.15, 0.2) is 0 Å². The Kier molecular flexibility index (Phi) is 6.13. The normalized spacial score (nSPS) is 18.1. The van der Waals surface area contributed by atoms with Crippen molar-refractivity contribution < 1.29 is 0 Å². The topological polar surface area (TPSA) is 29.3 Å². The number of halogens is 2. The molecule has 1 aliphatic heterocycles. The lowest BCUT2D eigenvalue weighted by molar-refractivity contribution is 0.0768. The quantitative estimate of drug-likeness (QED) is 0.788. The van der Waals surface area contributed by atoms with E-state index in [1.54, 1.807) is 0 Å². The molecule has 0 aromatic heterocycles. The summed E-state index contributed by atoms with van der Waals surface area (Å²) in [5.41, 5.74) is 7.94. The van der Waals surface area contributed by atoms with E-state index in [-0.39, 0.29) is 11.6 Å². The highest BCUT2D eigenvalue weighted by molar-refractivity contribution is 9.10. The fourth-order valence-electron chi connectivity index (χ4n) is 3.73. The molecule has 0 amide bonds. The van der Waals surface area contributed by atoms with Gasteiger partial charge in [0.1, 0.15) is 0 Å². The van der Waals surface area contributed by atoms with E-state index in [1.807, 2.05) is 12.1 Å². The van der Waals surface area contributed by atoms with Crippen LogP contribution in [0.3, 0.4) is 0 Å². The average Bonchev–Trinajstić information content (AvgIpc) is 2.99. The molecule has 1 heterocycles. The van der Waals surface area contributed by atoms with Crippen LogP contribution in [0, 0.1) is 0 Å². The van der Waals surface area contributed by atoms with Gasteiger partial charge in [-0.15, -0.1) is 0 Å². The van der Waals surface area contributed by atoms with Crippen molar-refractivity contribution in [3.05, 3.63) is 33.3 Å². The van der Waals surface area contributed by atoms with Crippen LogP contribution in [-0.4, -0.2) is 29.6 Å². The molecule has 4 heteroatoms. The first-order chi connectivity index (χ1) is 10.0. The van der Waals surface area contributed by atoms with Crippen LogP contribution in [0.2, 0.25) is 5.02 Å². The summed E-state index contributed by atoms with van der Waals surface area (Å²) in [6, 6.07) is 6.21. The van der Waals surface area contributed by atoms with Crippen LogP contribution >= 0.6 is 27.5 Å². The molecule has 1 aromatic carbocycles. The summed E-state index contributed by atoms with van der Waals surface area (Å²) in [4.78, 5) is 2.62. The molecule has 0 radical (unpaired) electrons. The Morgan fingerprint density at radius 2 is 1.90 bits per heavy atom. The van der Waals surface area contributed by atoms with Gasteiger partial charge in [0.2, 0.25) is 0 Å². The third-order valence-electron chi connectivity index (χ3n) is 5.11. The van der Waals surface area contributed by atoms with Gasteiger partial charge < -0.3 is 5.73 Å². The minimum Gasteiger partial charge on any atom is -0.326 e. The van der Waals surface area contributed by atoms with Crippen LogP contribution in [0.15, 0.2) is 22.7 Å². The molecule has 0 aliphatic carbocycles. The average molecular weight is 374 g/mol. The van der Waals surface area contributed by atoms with Gasteiger partial charge in [-0.25, -0.2) is 0 Å². The summed E-state index contributed by atoms with van der Waals surface area (Å²) in [6.07, 6.45) is 5.63. The lowest BCUT2D eigenvalue weighted by Crippen LogP contribution is -2.59. The van der Waals surface area contributed by atoms with Crippen LogP contribution < -0.4 is 5.73 Å². The highest BCUT2D eigenvalue weighted by Crippen LogP contribution is 2.33. The minimum atomic E-state index is 0.104. The Morgan fingerprint density at radius 1 is 1.29 bits per heavy atom. The number of nitrogens with zero attached hydrogens (tertiary/aromatic N) is 1. The molecule has 0 bridgehead atoms. The predicted octanol–water partition coefficient (Wildman–Crippen LogP) is 4.63. The largest absolute Gasteiger partial charge is 0.326 e. The highest BCUT2D eigenvalue weighted by Gasteiger charge is 2.40. The van der Waals surface area contributed by atoms with Gasteiger partial charge in [-0.1, -0.05) is 47.4 Å². The van der Waals surface area contributed by atoms with Crippen molar-refractivity contribution in [2.24, 2.45) is 5.73 Å². The molecule has 118 valence electrons. The predicted molar refractivity (Wildman–Crippen MR) is 95.0 cm³/mol. The van der Waals surface area contributed by atoms with E-state index in [2.05, 4.69) is 40.7 Å². The van der Waals surface area contributed by atoms with Crippen molar-refractivity contribution in [1.29, 1.82) is 0 Å². The molecule has 1 aromatic rings. The zero-order valence-electron chi connectivity index (χ0n) is 13.0. The molecular formula is C17H26BrClN2. The van der Waals surface area contributed by atoms with E-state index in [1.165, 1.54) is 25.9 Å². The molecule has 1 aliphatic rings. The fourth-order valence-corrected chi connectivity index (χ4v) is 4.48. The standard InChI is InChI=1S/C17H26BrClN2/c1-3-17(4-2,21-9-5-6-10-21)16(20)11-13-7-8-14(18)12-15(13)19/h7-8,12,16H,3-6,9-11,20H2,1-2H3. The summed E-state index contributed by atoms with van der Waals surface area (Å²) in [7, 11) is 0. The van der Waals surface area contributed by atoms with Crippen molar-refractivity contribution >= 4 is 27.5 Å². The van der Waals surface area contributed by atoms with E-state index in [0.717, 1.165) is 34.3 Å². The molecule has 2 N–H and O–H groups in total. The fraction of sp³-hybridized carbons (Fsp3) is 0.647. The SMILES string of the molecule is CCC(CC)(C(N)Cc1ccc(Br)cc1Cl)N1CCCC1. The molecule has 1 atom stereocenters. The van der Waals surface area contributed by atoms with Crippen molar-refractivity contribution in [3.63, 3.8) is 0 Å². The van der Waals surface area contributed by atoms with Crippen LogP contribution in [0.25, 0.3) is 0 Å². The monoisotopic (exact) mass is 372 g/mol. The van der Waals surface area contributed by atoms with Crippen molar-refractivity contribution in [2.45, 2.75) is 57.5 Å². The number of rotatable bonds is 6. The van der Waals surface area contributed by atoms with Gasteiger partial charge in [-0.05, 0) is 62.9 Å². The Hall–Kier alpha value is -0.0900. The summed E-state index contributed by atoms with van der Waals surface area (Å²) < 4.78 is 1.02. The number of benzene rings is 1. The Morgan fingerprint density at radius 3 is 2.43 bits per heavy atom. The lowest BCUT2D eigenvalue weighted by atomic mass is 9.80. The second kappa shape index (κ2) is 7.45. The second-order valence-electron chi connectivity index (χ2n) is 6.05. The zero-order valence-corrected chi connectivity index (χ0v) is 15.4.